The van der Waals surface area contributed by atoms with Crippen molar-refractivity contribution < 1.29 is 9.47 Å². The highest BCUT2D eigenvalue weighted by Gasteiger charge is 2.42. The zero-order chi connectivity index (χ0) is 13.1. The Labute approximate surface area is 120 Å². The molecule has 2 aliphatic rings. The van der Waals surface area contributed by atoms with E-state index in [1.807, 2.05) is 24.3 Å². The van der Waals surface area contributed by atoms with E-state index in [9.17, 15) is 0 Å². The lowest BCUT2D eigenvalue weighted by Gasteiger charge is -2.24. The van der Waals surface area contributed by atoms with Crippen LogP contribution < -0.4 is 4.74 Å². The first-order valence-electron chi connectivity index (χ1n) is 7.26. The Morgan fingerprint density at radius 3 is 2.79 bits per heavy atom. The van der Waals surface area contributed by atoms with Gasteiger partial charge in [-0.1, -0.05) is 31.0 Å². The van der Waals surface area contributed by atoms with Gasteiger partial charge in [-0.3, -0.25) is 0 Å². The van der Waals surface area contributed by atoms with Gasteiger partial charge in [0, 0.05) is 5.56 Å². The summed E-state index contributed by atoms with van der Waals surface area (Å²) >= 11 is 5.91. The summed E-state index contributed by atoms with van der Waals surface area (Å²) in [7, 11) is 0. The molecule has 2 nitrogen and oxygen atoms in total. The van der Waals surface area contributed by atoms with Crippen LogP contribution in [0.15, 0.2) is 24.3 Å². The van der Waals surface area contributed by atoms with Gasteiger partial charge in [0.2, 0.25) is 0 Å². The maximum Gasteiger partial charge on any atom is 0.123 e. The molecule has 2 fully saturated rings. The summed E-state index contributed by atoms with van der Waals surface area (Å²) in [5.41, 5.74) is 1.25. The minimum absolute atomic E-state index is 0.194. The van der Waals surface area contributed by atoms with Gasteiger partial charge in [-0.25, -0.2) is 0 Å². The molecule has 0 aromatic heterocycles. The molecule has 1 saturated carbocycles. The van der Waals surface area contributed by atoms with E-state index in [4.69, 9.17) is 21.1 Å². The molecule has 0 bridgehead atoms. The van der Waals surface area contributed by atoms with Crippen molar-refractivity contribution >= 4 is 11.6 Å². The zero-order valence-electron chi connectivity index (χ0n) is 11.2. The normalized spacial score (nSPS) is 25.0. The minimum atomic E-state index is 0.194. The lowest BCUT2D eigenvalue weighted by Crippen LogP contribution is -2.27. The molecule has 0 N–H and O–H groups in total. The summed E-state index contributed by atoms with van der Waals surface area (Å²) in [6.45, 7) is 0.648. The van der Waals surface area contributed by atoms with Crippen molar-refractivity contribution in [3.05, 3.63) is 29.8 Å². The summed E-state index contributed by atoms with van der Waals surface area (Å²) in [5, 5.41) is 0. The minimum Gasteiger partial charge on any atom is -0.491 e. The quantitative estimate of drug-likeness (QED) is 0.766. The fraction of sp³-hybridized carbons (Fsp3) is 0.625. The van der Waals surface area contributed by atoms with Crippen LogP contribution in [0.5, 0.6) is 5.75 Å². The summed E-state index contributed by atoms with van der Waals surface area (Å²) in [5.74, 6) is 1.39. The van der Waals surface area contributed by atoms with Gasteiger partial charge in [0.1, 0.15) is 12.4 Å². The molecular weight excluding hydrogens is 260 g/mol. The van der Waals surface area contributed by atoms with Crippen molar-refractivity contribution in [2.45, 2.75) is 56.1 Å². The van der Waals surface area contributed by atoms with Gasteiger partial charge in [0.05, 0.1) is 17.6 Å². The van der Waals surface area contributed by atoms with Crippen LogP contribution in [0.2, 0.25) is 0 Å². The molecule has 1 heterocycles. The van der Waals surface area contributed by atoms with Crippen LogP contribution in [0.25, 0.3) is 0 Å². The molecule has 1 atom stereocenters. The van der Waals surface area contributed by atoms with Crippen molar-refractivity contribution in [2.75, 3.05) is 6.61 Å². The van der Waals surface area contributed by atoms with E-state index >= 15 is 0 Å². The first-order chi connectivity index (χ1) is 9.31. The average Bonchev–Trinajstić information content (AvgIpc) is 3.07. The van der Waals surface area contributed by atoms with Crippen LogP contribution in [0.3, 0.4) is 0 Å². The molecule has 1 aromatic carbocycles. The van der Waals surface area contributed by atoms with Crippen molar-refractivity contribution in [3.63, 3.8) is 0 Å². The molecule has 1 aliphatic heterocycles. The monoisotopic (exact) mass is 280 g/mol. The van der Waals surface area contributed by atoms with Gasteiger partial charge in [0.15, 0.2) is 0 Å². The van der Waals surface area contributed by atoms with Gasteiger partial charge >= 0.3 is 0 Å². The molecule has 1 unspecified atom stereocenters. The number of ether oxygens (including phenoxy) is 2. The highest BCUT2D eigenvalue weighted by Crippen LogP contribution is 2.43. The average molecular weight is 281 g/mol. The molecule has 1 spiro atoms. The fourth-order valence-corrected chi connectivity index (χ4v) is 3.56. The smallest absolute Gasteiger partial charge is 0.123 e. The summed E-state index contributed by atoms with van der Waals surface area (Å²) < 4.78 is 12.2. The first-order valence-corrected chi connectivity index (χ1v) is 7.79. The van der Waals surface area contributed by atoms with Crippen LogP contribution in [-0.2, 0) is 10.6 Å². The maximum atomic E-state index is 6.25. The van der Waals surface area contributed by atoms with Gasteiger partial charge in [-0.15, -0.1) is 11.6 Å². The van der Waals surface area contributed by atoms with Crippen molar-refractivity contribution in [3.8, 4) is 5.75 Å². The number of para-hydroxylation sites is 1. The molecule has 1 aromatic rings. The fourth-order valence-electron chi connectivity index (χ4n) is 3.34. The molecule has 1 saturated heterocycles. The topological polar surface area (TPSA) is 18.5 Å². The Morgan fingerprint density at radius 1 is 1.21 bits per heavy atom. The third-order valence-corrected chi connectivity index (χ3v) is 4.68. The van der Waals surface area contributed by atoms with Crippen molar-refractivity contribution in [1.82, 2.24) is 0 Å². The summed E-state index contributed by atoms with van der Waals surface area (Å²) in [6.07, 6.45) is 7.71. The van der Waals surface area contributed by atoms with Crippen molar-refractivity contribution in [2.24, 2.45) is 0 Å². The molecule has 104 valence electrons. The van der Waals surface area contributed by atoms with Crippen LogP contribution in [-0.4, -0.2) is 18.3 Å². The van der Waals surface area contributed by atoms with Crippen LogP contribution in [0.4, 0.5) is 0 Å². The van der Waals surface area contributed by atoms with E-state index in [1.54, 1.807) is 0 Å². The van der Waals surface area contributed by atoms with E-state index in [2.05, 4.69) is 0 Å². The van der Waals surface area contributed by atoms with Crippen LogP contribution >= 0.6 is 11.6 Å². The van der Waals surface area contributed by atoms with E-state index in [0.717, 1.165) is 17.7 Å². The zero-order valence-corrected chi connectivity index (χ0v) is 12.0. The summed E-state index contributed by atoms with van der Waals surface area (Å²) in [4.78, 5) is 0. The third kappa shape index (κ3) is 2.90. The number of rotatable bonds is 4. The van der Waals surface area contributed by atoms with Gasteiger partial charge in [-0.2, -0.15) is 0 Å². The van der Waals surface area contributed by atoms with Crippen LogP contribution in [0, 0.1) is 0 Å². The predicted octanol–water partition coefficient (Wildman–Crippen LogP) is 4.30. The molecule has 3 heteroatoms. The molecule has 1 aliphatic carbocycles. The highest BCUT2D eigenvalue weighted by molar-refractivity contribution is 6.17. The number of hydrogen-bond acceptors (Lipinski definition) is 2. The van der Waals surface area contributed by atoms with E-state index in [0.29, 0.717) is 12.5 Å². The first kappa shape index (κ1) is 13.3. The maximum absolute atomic E-state index is 6.25. The lowest BCUT2D eigenvalue weighted by molar-refractivity contribution is -0.0509. The predicted molar refractivity (Wildman–Crippen MR) is 76.8 cm³/mol. The Kier molecular flexibility index (Phi) is 3.99. The third-order valence-electron chi connectivity index (χ3n) is 4.39. The largest absolute Gasteiger partial charge is 0.491 e. The Balaban J connectivity index is 1.55. The molecule has 3 rings (SSSR count). The number of halogens is 1. The Morgan fingerprint density at radius 2 is 2.00 bits per heavy atom. The van der Waals surface area contributed by atoms with Gasteiger partial charge < -0.3 is 9.47 Å². The van der Waals surface area contributed by atoms with E-state index < -0.39 is 0 Å². The molecular formula is C16H21ClO2. The lowest BCUT2D eigenvalue weighted by atomic mass is 9.98. The summed E-state index contributed by atoms with van der Waals surface area (Å²) in [6, 6.07) is 7.97. The van der Waals surface area contributed by atoms with Crippen molar-refractivity contribution in [1.29, 1.82) is 0 Å². The highest BCUT2D eigenvalue weighted by atomic mass is 35.5. The SMILES string of the molecule is ClCc1ccccc1OCC1CCC2(CCCC2)O1. The Bertz CT molecular complexity index is 427. The van der Waals surface area contributed by atoms with E-state index in [-0.39, 0.29) is 11.7 Å². The second-order valence-corrected chi connectivity index (χ2v) is 5.99. The second-order valence-electron chi connectivity index (χ2n) is 5.72. The number of alkyl halides is 1. The van der Waals surface area contributed by atoms with Gasteiger partial charge in [-0.05, 0) is 31.7 Å². The van der Waals surface area contributed by atoms with E-state index in [1.165, 1.54) is 32.1 Å². The number of benzene rings is 1. The second kappa shape index (κ2) is 5.72. The van der Waals surface area contributed by atoms with Crippen LogP contribution in [0.1, 0.15) is 44.1 Å². The Hall–Kier alpha value is -0.730. The molecule has 0 amide bonds. The number of hydrogen-bond donors (Lipinski definition) is 0. The molecule has 0 radical (unpaired) electrons. The molecule has 19 heavy (non-hydrogen) atoms. The standard InChI is InChI=1S/C16H21ClO2/c17-11-13-5-1-2-6-15(13)18-12-14-7-10-16(19-14)8-3-4-9-16/h1-2,5-6,14H,3-4,7-12H2. The van der Waals surface area contributed by atoms with Gasteiger partial charge in [0.25, 0.3) is 0 Å².